The van der Waals surface area contributed by atoms with Crippen LogP contribution in [0.15, 0.2) is 54.6 Å². The first-order valence-corrected chi connectivity index (χ1v) is 12.9. The first-order chi connectivity index (χ1) is 16.3. The second-order valence-electron chi connectivity index (χ2n) is 9.79. The Hall–Kier alpha value is -2.59. The van der Waals surface area contributed by atoms with Crippen molar-refractivity contribution < 1.29 is 4.79 Å². The third-order valence-electron chi connectivity index (χ3n) is 7.48. The van der Waals surface area contributed by atoms with Crippen LogP contribution in [0, 0.1) is 0 Å². The molecule has 2 heterocycles. The summed E-state index contributed by atoms with van der Waals surface area (Å²) in [6.07, 6.45) is 9.35. The van der Waals surface area contributed by atoms with Gasteiger partial charge in [0.1, 0.15) is 6.54 Å². The maximum absolute atomic E-state index is 13.5. The highest BCUT2D eigenvalue weighted by atomic mass is 16.2. The van der Waals surface area contributed by atoms with E-state index in [4.69, 9.17) is 0 Å². The summed E-state index contributed by atoms with van der Waals surface area (Å²) in [6.45, 7) is 5.48. The molecule has 1 aromatic heterocycles. The van der Waals surface area contributed by atoms with E-state index in [-0.39, 0.29) is 0 Å². The van der Waals surface area contributed by atoms with Crippen LogP contribution in [-0.2, 0) is 30.7 Å². The summed E-state index contributed by atoms with van der Waals surface area (Å²) >= 11 is 0. The van der Waals surface area contributed by atoms with Crippen LogP contribution in [0.25, 0.3) is 10.9 Å². The van der Waals surface area contributed by atoms with E-state index in [1.807, 2.05) is 0 Å². The number of carbonyl (C=O) groups is 1. The van der Waals surface area contributed by atoms with Crippen molar-refractivity contribution in [2.75, 3.05) is 26.2 Å². The summed E-state index contributed by atoms with van der Waals surface area (Å²) in [6, 6.07) is 19.4. The van der Waals surface area contributed by atoms with Crippen molar-refractivity contribution >= 4 is 16.8 Å². The Labute approximate surface area is 198 Å². The highest BCUT2D eigenvalue weighted by Gasteiger charge is 2.24. The lowest BCUT2D eigenvalue weighted by molar-refractivity contribution is -0.132. The lowest BCUT2D eigenvalue weighted by Crippen LogP contribution is -2.37. The second kappa shape index (κ2) is 10.6. The van der Waals surface area contributed by atoms with E-state index in [0.717, 1.165) is 58.4 Å². The molecule has 0 radical (unpaired) electrons. The normalized spacial score (nSPS) is 18.2. The van der Waals surface area contributed by atoms with Crippen molar-refractivity contribution in [2.45, 2.75) is 64.5 Å². The van der Waals surface area contributed by atoms with E-state index in [9.17, 15) is 4.79 Å². The fraction of sp³-hybridized carbons (Fsp3) is 0.483. The number of benzene rings is 2. The Kier molecular flexibility index (Phi) is 7.11. The summed E-state index contributed by atoms with van der Waals surface area (Å²) in [5.41, 5.74) is 5.50. The predicted octanol–water partition coefficient (Wildman–Crippen LogP) is 5.42. The number of hydrogen-bond donors (Lipinski definition) is 0. The Morgan fingerprint density at radius 2 is 1.45 bits per heavy atom. The van der Waals surface area contributed by atoms with Gasteiger partial charge in [0.15, 0.2) is 0 Å². The molecule has 0 spiro atoms. The smallest absolute Gasteiger partial charge is 0.242 e. The highest BCUT2D eigenvalue weighted by Crippen LogP contribution is 2.33. The van der Waals surface area contributed by atoms with Crippen molar-refractivity contribution in [3.05, 3.63) is 71.4 Å². The van der Waals surface area contributed by atoms with E-state index >= 15 is 0 Å². The second-order valence-corrected chi connectivity index (χ2v) is 9.79. The molecule has 0 bridgehead atoms. The molecule has 1 saturated heterocycles. The minimum atomic E-state index is 0.291. The summed E-state index contributed by atoms with van der Waals surface area (Å²) in [5.74, 6) is 0.291. The Morgan fingerprint density at radius 1 is 0.727 bits per heavy atom. The zero-order valence-corrected chi connectivity index (χ0v) is 19.8. The molecule has 1 aliphatic heterocycles. The van der Waals surface area contributed by atoms with Gasteiger partial charge in [-0.25, -0.2) is 0 Å². The largest absolute Gasteiger partial charge is 0.341 e. The quantitative estimate of drug-likeness (QED) is 0.538. The van der Waals surface area contributed by atoms with E-state index in [1.165, 1.54) is 53.4 Å². The van der Waals surface area contributed by atoms with Crippen LogP contribution in [0.3, 0.4) is 0 Å². The maximum Gasteiger partial charge on any atom is 0.242 e. The molecule has 0 saturated carbocycles. The van der Waals surface area contributed by atoms with Gasteiger partial charge in [-0.15, -0.1) is 0 Å². The standard InChI is InChI=1S/C29H37N3O/c33-29(23-32-27-16-7-6-14-25(27)26-15-10-17-28(26)32)31-20-9-2-1-8-18-30(19-11-21-31)22-24-12-4-3-5-13-24/h3-7,12-14,16H,1-2,8-11,15,17-23H2. The topological polar surface area (TPSA) is 28.5 Å². The zero-order chi connectivity index (χ0) is 22.5. The third kappa shape index (κ3) is 5.16. The molecule has 2 aliphatic rings. The molecule has 1 fully saturated rings. The lowest BCUT2D eigenvalue weighted by atomic mass is 10.1. The molecular formula is C29H37N3O. The molecule has 33 heavy (non-hydrogen) atoms. The van der Waals surface area contributed by atoms with Gasteiger partial charge in [-0.3, -0.25) is 9.69 Å². The molecule has 3 aromatic rings. The average molecular weight is 444 g/mol. The fourth-order valence-corrected chi connectivity index (χ4v) is 5.79. The number of fused-ring (bicyclic) bond motifs is 3. The average Bonchev–Trinajstić information content (AvgIpc) is 3.41. The van der Waals surface area contributed by atoms with Crippen LogP contribution >= 0.6 is 0 Å². The van der Waals surface area contributed by atoms with Crippen LogP contribution in [0.1, 0.15) is 55.3 Å². The van der Waals surface area contributed by atoms with Gasteiger partial charge in [0.25, 0.3) is 0 Å². The van der Waals surface area contributed by atoms with Crippen molar-refractivity contribution in [2.24, 2.45) is 0 Å². The molecular weight excluding hydrogens is 406 g/mol. The molecule has 4 heteroatoms. The minimum absolute atomic E-state index is 0.291. The van der Waals surface area contributed by atoms with Gasteiger partial charge < -0.3 is 9.47 Å². The molecule has 1 amide bonds. The van der Waals surface area contributed by atoms with Gasteiger partial charge in [-0.05, 0) is 62.3 Å². The first-order valence-electron chi connectivity index (χ1n) is 12.9. The van der Waals surface area contributed by atoms with Crippen LogP contribution in [0.2, 0.25) is 0 Å². The fourth-order valence-electron chi connectivity index (χ4n) is 5.79. The molecule has 0 atom stereocenters. The molecule has 2 aromatic carbocycles. The van der Waals surface area contributed by atoms with Crippen molar-refractivity contribution in [1.29, 1.82) is 0 Å². The van der Waals surface area contributed by atoms with Crippen molar-refractivity contribution in [3.8, 4) is 0 Å². The van der Waals surface area contributed by atoms with Gasteiger partial charge in [0.05, 0.1) is 0 Å². The van der Waals surface area contributed by atoms with Crippen molar-refractivity contribution in [1.82, 2.24) is 14.4 Å². The molecule has 174 valence electrons. The van der Waals surface area contributed by atoms with Crippen molar-refractivity contribution in [3.63, 3.8) is 0 Å². The molecule has 5 rings (SSSR count). The maximum atomic E-state index is 13.5. The Morgan fingerprint density at radius 3 is 2.33 bits per heavy atom. The lowest BCUT2D eigenvalue weighted by Gasteiger charge is -2.26. The van der Waals surface area contributed by atoms with Gasteiger partial charge in [-0.1, -0.05) is 61.4 Å². The predicted molar refractivity (Wildman–Crippen MR) is 135 cm³/mol. The first kappa shape index (κ1) is 22.2. The van der Waals surface area contributed by atoms with E-state index in [2.05, 4.69) is 69.0 Å². The number of aromatic nitrogens is 1. The molecule has 0 unspecified atom stereocenters. The van der Waals surface area contributed by atoms with E-state index in [1.54, 1.807) is 0 Å². The Bertz CT molecular complexity index is 1070. The zero-order valence-electron chi connectivity index (χ0n) is 19.8. The Balaban J connectivity index is 1.27. The number of rotatable bonds is 4. The van der Waals surface area contributed by atoms with Crippen LogP contribution in [0.5, 0.6) is 0 Å². The monoisotopic (exact) mass is 443 g/mol. The third-order valence-corrected chi connectivity index (χ3v) is 7.48. The SMILES string of the molecule is O=C(Cn1c2c(c3ccccc31)CCC2)N1CCCCCCN(Cc2ccccc2)CCC1. The van der Waals surface area contributed by atoms with E-state index in [0.29, 0.717) is 12.5 Å². The number of carbonyl (C=O) groups excluding carboxylic acids is 1. The van der Waals surface area contributed by atoms with Gasteiger partial charge in [0, 0.05) is 42.8 Å². The summed E-state index contributed by atoms with van der Waals surface area (Å²) in [7, 11) is 0. The molecule has 4 nitrogen and oxygen atoms in total. The summed E-state index contributed by atoms with van der Waals surface area (Å²) < 4.78 is 2.33. The molecule has 0 N–H and O–H groups in total. The number of para-hydroxylation sites is 1. The van der Waals surface area contributed by atoms with E-state index < -0.39 is 0 Å². The number of nitrogens with zero attached hydrogens (tertiary/aromatic N) is 3. The van der Waals surface area contributed by atoms with Gasteiger partial charge in [0.2, 0.25) is 5.91 Å². The highest BCUT2D eigenvalue weighted by molar-refractivity contribution is 5.88. The van der Waals surface area contributed by atoms with Gasteiger partial charge in [-0.2, -0.15) is 0 Å². The number of amides is 1. The van der Waals surface area contributed by atoms with Crippen LogP contribution < -0.4 is 0 Å². The summed E-state index contributed by atoms with van der Waals surface area (Å²) in [5, 5.41) is 1.35. The molecule has 1 aliphatic carbocycles. The minimum Gasteiger partial charge on any atom is -0.341 e. The van der Waals surface area contributed by atoms with Crippen LogP contribution in [0.4, 0.5) is 0 Å². The van der Waals surface area contributed by atoms with Crippen LogP contribution in [-0.4, -0.2) is 46.5 Å². The summed E-state index contributed by atoms with van der Waals surface area (Å²) in [4.78, 5) is 18.3. The number of aryl methyl sites for hydroxylation is 1. The van der Waals surface area contributed by atoms with Gasteiger partial charge >= 0.3 is 0 Å². The number of hydrogen-bond acceptors (Lipinski definition) is 2.